The standard InChI is InChI=1S/C9H18N2O3S/c1-15(13,14)5-3-9(12)11-4-2-8(6-10)7-11/h8H,2-7,10H2,1H3. The number of rotatable bonds is 4. The summed E-state index contributed by atoms with van der Waals surface area (Å²) in [6, 6.07) is 0. The number of nitrogens with two attached hydrogens (primary N) is 1. The van der Waals surface area contributed by atoms with Gasteiger partial charge in [0.1, 0.15) is 9.84 Å². The summed E-state index contributed by atoms with van der Waals surface area (Å²) in [5.41, 5.74) is 5.51. The predicted octanol–water partition coefficient (Wildman–Crippen LogP) is -0.772. The zero-order chi connectivity index (χ0) is 11.5. The van der Waals surface area contributed by atoms with Gasteiger partial charge in [0.25, 0.3) is 0 Å². The van der Waals surface area contributed by atoms with E-state index in [9.17, 15) is 13.2 Å². The number of carbonyl (C=O) groups excluding carboxylic acids is 1. The summed E-state index contributed by atoms with van der Waals surface area (Å²) in [5.74, 6) is 0.249. The van der Waals surface area contributed by atoms with Crippen LogP contribution in [0.5, 0.6) is 0 Å². The summed E-state index contributed by atoms with van der Waals surface area (Å²) in [6.45, 7) is 1.99. The monoisotopic (exact) mass is 234 g/mol. The van der Waals surface area contributed by atoms with Crippen LogP contribution in [0.25, 0.3) is 0 Å². The Morgan fingerprint density at radius 3 is 2.67 bits per heavy atom. The molecule has 1 amide bonds. The molecule has 0 aromatic heterocycles. The molecule has 1 saturated heterocycles. The molecular formula is C9H18N2O3S. The Hall–Kier alpha value is -0.620. The van der Waals surface area contributed by atoms with Crippen molar-refractivity contribution in [3.63, 3.8) is 0 Å². The van der Waals surface area contributed by atoms with Gasteiger partial charge in [0.05, 0.1) is 5.75 Å². The minimum Gasteiger partial charge on any atom is -0.342 e. The smallest absolute Gasteiger partial charge is 0.223 e. The number of likely N-dealkylation sites (tertiary alicyclic amines) is 1. The lowest BCUT2D eigenvalue weighted by atomic mass is 10.1. The molecule has 6 heteroatoms. The predicted molar refractivity (Wildman–Crippen MR) is 58.1 cm³/mol. The maximum Gasteiger partial charge on any atom is 0.223 e. The van der Waals surface area contributed by atoms with Gasteiger partial charge in [-0.1, -0.05) is 0 Å². The van der Waals surface area contributed by atoms with E-state index in [2.05, 4.69) is 0 Å². The van der Waals surface area contributed by atoms with Gasteiger partial charge in [-0.15, -0.1) is 0 Å². The molecule has 5 nitrogen and oxygen atoms in total. The Kier molecular flexibility index (Phi) is 4.10. The highest BCUT2D eigenvalue weighted by Gasteiger charge is 2.25. The van der Waals surface area contributed by atoms with E-state index in [0.29, 0.717) is 25.6 Å². The highest BCUT2D eigenvalue weighted by atomic mass is 32.2. The lowest BCUT2D eigenvalue weighted by Gasteiger charge is -2.15. The summed E-state index contributed by atoms with van der Waals surface area (Å²) in [6.07, 6.45) is 2.17. The molecule has 0 saturated carbocycles. The van der Waals surface area contributed by atoms with Crippen molar-refractivity contribution in [1.29, 1.82) is 0 Å². The Balaban J connectivity index is 2.36. The molecule has 0 aliphatic carbocycles. The summed E-state index contributed by atoms with van der Waals surface area (Å²) in [7, 11) is -3.04. The quantitative estimate of drug-likeness (QED) is 0.692. The molecule has 88 valence electrons. The van der Waals surface area contributed by atoms with Crippen molar-refractivity contribution in [3.8, 4) is 0 Å². The average molecular weight is 234 g/mol. The van der Waals surface area contributed by atoms with Crippen LogP contribution >= 0.6 is 0 Å². The minimum absolute atomic E-state index is 0.0599. The third-order valence-electron chi connectivity index (χ3n) is 2.66. The molecule has 0 aromatic rings. The third-order valence-corrected chi connectivity index (χ3v) is 3.60. The van der Waals surface area contributed by atoms with Crippen molar-refractivity contribution in [2.75, 3.05) is 31.6 Å². The van der Waals surface area contributed by atoms with E-state index in [1.165, 1.54) is 0 Å². The lowest BCUT2D eigenvalue weighted by molar-refractivity contribution is -0.129. The Morgan fingerprint density at radius 1 is 1.53 bits per heavy atom. The van der Waals surface area contributed by atoms with Crippen LogP contribution in [0, 0.1) is 5.92 Å². The van der Waals surface area contributed by atoms with Crippen LogP contribution in [0.15, 0.2) is 0 Å². The molecule has 15 heavy (non-hydrogen) atoms. The third kappa shape index (κ3) is 4.17. The molecule has 0 bridgehead atoms. The van der Waals surface area contributed by atoms with Crippen molar-refractivity contribution in [3.05, 3.63) is 0 Å². The lowest BCUT2D eigenvalue weighted by Crippen LogP contribution is -2.31. The van der Waals surface area contributed by atoms with Gasteiger partial charge in [-0.05, 0) is 18.9 Å². The first-order valence-corrected chi connectivity index (χ1v) is 7.14. The van der Waals surface area contributed by atoms with Crippen LogP contribution in [0.3, 0.4) is 0 Å². The van der Waals surface area contributed by atoms with Gasteiger partial charge in [-0.3, -0.25) is 4.79 Å². The molecule has 1 atom stereocenters. The van der Waals surface area contributed by atoms with E-state index in [0.717, 1.165) is 12.7 Å². The van der Waals surface area contributed by atoms with Crippen molar-refractivity contribution >= 4 is 15.7 Å². The fourth-order valence-corrected chi connectivity index (χ4v) is 2.23. The van der Waals surface area contributed by atoms with Gasteiger partial charge in [0.2, 0.25) is 5.91 Å². The maximum absolute atomic E-state index is 11.6. The van der Waals surface area contributed by atoms with E-state index < -0.39 is 9.84 Å². The summed E-state index contributed by atoms with van der Waals surface area (Å²) >= 11 is 0. The number of sulfone groups is 1. The number of amides is 1. The van der Waals surface area contributed by atoms with Crippen molar-refractivity contribution in [2.45, 2.75) is 12.8 Å². The first-order chi connectivity index (χ1) is 6.92. The topological polar surface area (TPSA) is 80.5 Å². The van der Waals surface area contributed by atoms with Crippen molar-refractivity contribution in [2.24, 2.45) is 11.7 Å². The molecule has 0 aromatic carbocycles. The summed E-state index contributed by atoms with van der Waals surface area (Å²) in [4.78, 5) is 13.3. The second-order valence-corrected chi connectivity index (χ2v) is 6.37. The van der Waals surface area contributed by atoms with E-state index in [1.54, 1.807) is 4.90 Å². The van der Waals surface area contributed by atoms with Crippen molar-refractivity contribution < 1.29 is 13.2 Å². The summed E-state index contributed by atoms with van der Waals surface area (Å²) < 4.78 is 21.8. The van der Waals surface area contributed by atoms with Gasteiger partial charge in [-0.2, -0.15) is 0 Å². The van der Waals surface area contributed by atoms with E-state index in [-0.39, 0.29) is 18.1 Å². The molecule has 1 aliphatic rings. The molecule has 0 radical (unpaired) electrons. The zero-order valence-corrected chi connectivity index (χ0v) is 9.79. The van der Waals surface area contributed by atoms with Gasteiger partial charge in [-0.25, -0.2) is 8.42 Å². The van der Waals surface area contributed by atoms with E-state index in [4.69, 9.17) is 5.73 Å². The Bertz CT molecular complexity index is 326. The number of hydrogen-bond donors (Lipinski definition) is 1. The molecule has 1 unspecified atom stereocenters. The first-order valence-electron chi connectivity index (χ1n) is 5.08. The molecule has 1 aliphatic heterocycles. The highest BCUT2D eigenvalue weighted by molar-refractivity contribution is 7.90. The van der Waals surface area contributed by atoms with Crippen LogP contribution in [-0.2, 0) is 14.6 Å². The van der Waals surface area contributed by atoms with E-state index in [1.807, 2.05) is 0 Å². The first kappa shape index (κ1) is 12.4. The second-order valence-electron chi connectivity index (χ2n) is 4.11. The van der Waals surface area contributed by atoms with Crippen LogP contribution in [0.1, 0.15) is 12.8 Å². The normalized spacial score (nSPS) is 22.0. The number of nitrogens with zero attached hydrogens (tertiary/aromatic N) is 1. The van der Waals surface area contributed by atoms with Gasteiger partial charge < -0.3 is 10.6 Å². The average Bonchev–Trinajstić information content (AvgIpc) is 2.61. The molecule has 1 rings (SSSR count). The number of hydrogen-bond acceptors (Lipinski definition) is 4. The van der Waals surface area contributed by atoms with Crippen LogP contribution < -0.4 is 5.73 Å². The SMILES string of the molecule is CS(=O)(=O)CCC(=O)N1CCC(CN)C1. The van der Waals surface area contributed by atoms with Gasteiger partial charge >= 0.3 is 0 Å². The summed E-state index contributed by atoms with van der Waals surface area (Å²) in [5, 5.41) is 0. The van der Waals surface area contributed by atoms with Gasteiger partial charge in [0, 0.05) is 25.8 Å². The zero-order valence-electron chi connectivity index (χ0n) is 8.98. The fraction of sp³-hybridized carbons (Fsp3) is 0.889. The number of carbonyl (C=O) groups is 1. The second kappa shape index (κ2) is 4.94. The fourth-order valence-electron chi connectivity index (χ4n) is 1.68. The van der Waals surface area contributed by atoms with Crippen LogP contribution in [0.2, 0.25) is 0 Å². The van der Waals surface area contributed by atoms with E-state index >= 15 is 0 Å². The largest absolute Gasteiger partial charge is 0.342 e. The van der Waals surface area contributed by atoms with Gasteiger partial charge in [0.15, 0.2) is 0 Å². The minimum atomic E-state index is -3.04. The van der Waals surface area contributed by atoms with Crippen LogP contribution in [0.4, 0.5) is 0 Å². The van der Waals surface area contributed by atoms with Crippen LogP contribution in [-0.4, -0.2) is 50.9 Å². The molecule has 0 spiro atoms. The Labute approximate surface area is 90.5 Å². The molecule has 1 fully saturated rings. The molecular weight excluding hydrogens is 216 g/mol. The van der Waals surface area contributed by atoms with Crippen molar-refractivity contribution in [1.82, 2.24) is 4.90 Å². The molecule has 1 heterocycles. The highest BCUT2D eigenvalue weighted by Crippen LogP contribution is 2.15. The molecule has 2 N–H and O–H groups in total. The Morgan fingerprint density at radius 2 is 2.20 bits per heavy atom. The maximum atomic E-state index is 11.6.